The van der Waals surface area contributed by atoms with E-state index in [9.17, 15) is 4.79 Å². The fraction of sp³-hybridized carbons (Fsp3) is 0.154. The number of fused-ring (bicyclic) bond motifs is 1. The second-order valence-electron chi connectivity index (χ2n) is 3.63. The lowest BCUT2D eigenvalue weighted by Gasteiger charge is -2.04. The highest BCUT2D eigenvalue weighted by atomic mass is 32.1. The van der Waals surface area contributed by atoms with Gasteiger partial charge in [-0.1, -0.05) is 12.0 Å². The largest absolute Gasteiger partial charge is 0.348 e. The van der Waals surface area contributed by atoms with Crippen LogP contribution in [0.2, 0.25) is 0 Å². The standard InChI is InChI=1S/C13H12N2OS/c1-3-4-5-6-10-8-14-12(16)11-7-9(2)17-13(11)15-10/h1,4-7,15H,8H2,2H3,(H,14,16)/b5-4-,10-6+. The van der Waals surface area contributed by atoms with Crippen molar-refractivity contribution in [3.8, 4) is 12.3 Å². The molecule has 0 spiro atoms. The van der Waals surface area contributed by atoms with Crippen LogP contribution in [0.3, 0.4) is 0 Å². The summed E-state index contributed by atoms with van der Waals surface area (Å²) in [7, 11) is 0. The van der Waals surface area contributed by atoms with Crippen molar-refractivity contribution >= 4 is 22.2 Å². The molecule has 2 N–H and O–H groups in total. The Bertz CT molecular complexity index is 546. The third-order valence-corrected chi connectivity index (χ3v) is 3.27. The van der Waals surface area contributed by atoms with Crippen LogP contribution in [0, 0.1) is 19.3 Å². The summed E-state index contributed by atoms with van der Waals surface area (Å²) in [6, 6.07) is 1.89. The average molecular weight is 244 g/mol. The zero-order chi connectivity index (χ0) is 12.3. The van der Waals surface area contributed by atoms with Crippen molar-refractivity contribution < 1.29 is 4.79 Å². The van der Waals surface area contributed by atoms with Crippen molar-refractivity contribution in [3.05, 3.63) is 40.4 Å². The van der Waals surface area contributed by atoms with Crippen molar-refractivity contribution in [1.29, 1.82) is 0 Å². The summed E-state index contributed by atoms with van der Waals surface area (Å²) >= 11 is 1.57. The quantitative estimate of drug-likeness (QED) is 0.744. The number of aryl methyl sites for hydroxylation is 1. The van der Waals surface area contributed by atoms with Gasteiger partial charge in [0.25, 0.3) is 5.91 Å². The lowest BCUT2D eigenvalue weighted by Crippen LogP contribution is -2.23. The van der Waals surface area contributed by atoms with Crippen LogP contribution in [0.15, 0.2) is 30.0 Å². The van der Waals surface area contributed by atoms with Crippen molar-refractivity contribution in [2.75, 3.05) is 11.9 Å². The third-order valence-electron chi connectivity index (χ3n) is 2.30. The molecule has 0 aliphatic carbocycles. The number of hydrogen-bond acceptors (Lipinski definition) is 3. The molecule has 86 valence electrons. The molecule has 2 rings (SSSR count). The van der Waals surface area contributed by atoms with E-state index in [0.717, 1.165) is 15.6 Å². The van der Waals surface area contributed by atoms with E-state index in [-0.39, 0.29) is 5.91 Å². The van der Waals surface area contributed by atoms with E-state index >= 15 is 0 Å². The van der Waals surface area contributed by atoms with Gasteiger partial charge in [-0.3, -0.25) is 4.79 Å². The predicted molar refractivity (Wildman–Crippen MR) is 71.1 cm³/mol. The monoisotopic (exact) mass is 244 g/mol. The third kappa shape index (κ3) is 2.58. The molecule has 4 heteroatoms. The summed E-state index contributed by atoms with van der Waals surface area (Å²) in [5.41, 5.74) is 1.63. The highest BCUT2D eigenvalue weighted by Gasteiger charge is 2.18. The van der Waals surface area contributed by atoms with Crippen LogP contribution in [0.25, 0.3) is 0 Å². The number of allylic oxidation sites excluding steroid dienone is 3. The molecule has 1 aliphatic heterocycles. The van der Waals surface area contributed by atoms with E-state index in [0.29, 0.717) is 12.1 Å². The zero-order valence-corrected chi connectivity index (χ0v) is 10.2. The minimum absolute atomic E-state index is 0.0406. The van der Waals surface area contributed by atoms with Gasteiger partial charge >= 0.3 is 0 Å². The number of terminal acetylenes is 1. The molecule has 0 saturated carbocycles. The first kappa shape index (κ1) is 11.5. The highest BCUT2D eigenvalue weighted by molar-refractivity contribution is 7.16. The molecule has 2 heterocycles. The Morgan fingerprint density at radius 3 is 3.18 bits per heavy atom. The fourth-order valence-electron chi connectivity index (χ4n) is 1.56. The van der Waals surface area contributed by atoms with E-state index in [4.69, 9.17) is 6.42 Å². The first-order chi connectivity index (χ1) is 8.20. The topological polar surface area (TPSA) is 41.1 Å². The molecule has 0 bridgehead atoms. The van der Waals surface area contributed by atoms with E-state index in [1.165, 1.54) is 0 Å². The summed E-state index contributed by atoms with van der Waals surface area (Å²) < 4.78 is 0. The second kappa shape index (κ2) is 4.89. The summed E-state index contributed by atoms with van der Waals surface area (Å²) in [5.74, 6) is 2.38. The summed E-state index contributed by atoms with van der Waals surface area (Å²) in [6.45, 7) is 2.46. The highest BCUT2D eigenvalue weighted by Crippen LogP contribution is 2.29. The van der Waals surface area contributed by atoms with Gasteiger partial charge in [0.2, 0.25) is 0 Å². The predicted octanol–water partition coefficient (Wildman–Crippen LogP) is 2.29. The molecule has 3 nitrogen and oxygen atoms in total. The first-order valence-corrected chi connectivity index (χ1v) is 6.00. The molecule has 0 atom stereocenters. The number of carbonyl (C=O) groups excluding carboxylic acids is 1. The molecule has 1 aromatic heterocycles. The van der Waals surface area contributed by atoms with Gasteiger partial charge in [-0.15, -0.1) is 17.8 Å². The van der Waals surface area contributed by atoms with Crippen LogP contribution in [-0.4, -0.2) is 12.5 Å². The number of thiophene rings is 1. The van der Waals surface area contributed by atoms with Crippen LogP contribution >= 0.6 is 11.3 Å². The normalized spacial score (nSPS) is 17.2. The summed E-state index contributed by atoms with van der Waals surface area (Å²) in [4.78, 5) is 12.9. The Hall–Kier alpha value is -1.99. The molecule has 0 unspecified atom stereocenters. The van der Waals surface area contributed by atoms with Crippen molar-refractivity contribution in [2.24, 2.45) is 0 Å². The molecule has 1 amide bonds. The van der Waals surface area contributed by atoms with Gasteiger partial charge in [0.15, 0.2) is 0 Å². The minimum atomic E-state index is -0.0406. The van der Waals surface area contributed by atoms with Crippen molar-refractivity contribution in [1.82, 2.24) is 5.32 Å². The molecular formula is C13H12N2OS. The molecular weight excluding hydrogens is 232 g/mol. The Kier molecular flexibility index (Phi) is 3.31. The van der Waals surface area contributed by atoms with Gasteiger partial charge in [-0.25, -0.2) is 0 Å². The Balaban J connectivity index is 2.29. The second-order valence-corrected chi connectivity index (χ2v) is 4.88. The van der Waals surface area contributed by atoms with Gasteiger partial charge in [0, 0.05) is 10.6 Å². The van der Waals surface area contributed by atoms with Gasteiger partial charge in [-0.05, 0) is 25.1 Å². The van der Waals surface area contributed by atoms with E-state index in [1.54, 1.807) is 23.5 Å². The Morgan fingerprint density at radius 2 is 2.41 bits per heavy atom. The molecule has 0 aromatic carbocycles. The number of rotatable bonds is 1. The summed E-state index contributed by atoms with van der Waals surface area (Å²) in [5, 5.41) is 6.98. The maximum Gasteiger partial charge on any atom is 0.254 e. The van der Waals surface area contributed by atoms with Crippen molar-refractivity contribution in [3.63, 3.8) is 0 Å². The number of amides is 1. The zero-order valence-electron chi connectivity index (χ0n) is 9.41. The SMILES string of the molecule is C#C/C=C\C=C1/CNC(=O)c2cc(C)sc2N1. The van der Waals surface area contributed by atoms with Crippen LogP contribution in [-0.2, 0) is 0 Å². The molecule has 1 aromatic rings. The van der Waals surface area contributed by atoms with Gasteiger partial charge in [-0.2, -0.15) is 0 Å². The van der Waals surface area contributed by atoms with Crippen LogP contribution in [0.5, 0.6) is 0 Å². The average Bonchev–Trinajstić information content (AvgIpc) is 2.60. The van der Waals surface area contributed by atoms with E-state index in [2.05, 4.69) is 16.6 Å². The molecule has 17 heavy (non-hydrogen) atoms. The number of anilines is 1. The Labute approximate surface area is 104 Å². The number of carbonyl (C=O) groups is 1. The fourth-order valence-corrected chi connectivity index (χ4v) is 2.50. The Morgan fingerprint density at radius 1 is 1.59 bits per heavy atom. The van der Waals surface area contributed by atoms with Crippen molar-refractivity contribution in [2.45, 2.75) is 6.92 Å². The minimum Gasteiger partial charge on any atom is -0.348 e. The maximum absolute atomic E-state index is 11.8. The van der Waals surface area contributed by atoms with Crippen LogP contribution in [0.4, 0.5) is 5.00 Å². The van der Waals surface area contributed by atoms with Gasteiger partial charge in [0.1, 0.15) is 5.00 Å². The number of hydrogen-bond donors (Lipinski definition) is 2. The summed E-state index contributed by atoms with van der Waals surface area (Å²) in [6.07, 6.45) is 10.4. The van der Waals surface area contributed by atoms with Gasteiger partial charge < -0.3 is 10.6 Å². The number of nitrogens with one attached hydrogen (secondary N) is 2. The smallest absolute Gasteiger partial charge is 0.254 e. The van der Waals surface area contributed by atoms with Crippen LogP contribution < -0.4 is 10.6 Å². The van der Waals surface area contributed by atoms with E-state index < -0.39 is 0 Å². The lowest BCUT2D eigenvalue weighted by molar-refractivity contribution is 0.0959. The first-order valence-electron chi connectivity index (χ1n) is 5.18. The molecule has 1 aliphatic rings. The lowest BCUT2D eigenvalue weighted by atomic mass is 10.3. The van der Waals surface area contributed by atoms with Crippen LogP contribution in [0.1, 0.15) is 15.2 Å². The molecule has 0 saturated heterocycles. The maximum atomic E-state index is 11.8. The van der Waals surface area contributed by atoms with E-state index in [1.807, 2.05) is 19.1 Å². The van der Waals surface area contributed by atoms with Gasteiger partial charge in [0.05, 0.1) is 12.1 Å². The molecule has 0 fully saturated rings. The molecule has 0 radical (unpaired) electrons.